The molecule has 0 radical (unpaired) electrons. The van der Waals surface area contributed by atoms with Gasteiger partial charge < -0.3 is 15.0 Å². The molecular formula is C20H19BrN4O3. The van der Waals surface area contributed by atoms with Crippen LogP contribution in [0.4, 0.5) is 5.69 Å². The minimum absolute atomic E-state index is 0.00903. The molecular weight excluding hydrogens is 424 g/mol. The van der Waals surface area contributed by atoms with Crippen molar-refractivity contribution < 1.29 is 14.7 Å². The number of aromatic nitrogens is 1. The van der Waals surface area contributed by atoms with Crippen LogP contribution in [0.1, 0.15) is 30.2 Å². The first-order chi connectivity index (χ1) is 13.4. The lowest BCUT2D eigenvalue weighted by atomic mass is 10.2. The summed E-state index contributed by atoms with van der Waals surface area (Å²) in [6.45, 7) is 3.59. The fourth-order valence-electron chi connectivity index (χ4n) is 2.85. The summed E-state index contributed by atoms with van der Waals surface area (Å²) in [5.74, 6) is -1.05. The summed E-state index contributed by atoms with van der Waals surface area (Å²) < 4.78 is 2.58. The van der Waals surface area contributed by atoms with Crippen molar-refractivity contribution in [2.24, 2.45) is 10.2 Å². The van der Waals surface area contributed by atoms with E-state index < -0.39 is 5.91 Å². The first kappa shape index (κ1) is 19.8. The average molecular weight is 443 g/mol. The third-order valence-corrected chi connectivity index (χ3v) is 4.67. The summed E-state index contributed by atoms with van der Waals surface area (Å²) in [4.78, 5) is 24.1. The van der Waals surface area contributed by atoms with Gasteiger partial charge in [-0.1, -0.05) is 34.1 Å². The van der Waals surface area contributed by atoms with Crippen LogP contribution in [-0.4, -0.2) is 28.0 Å². The zero-order chi connectivity index (χ0) is 20.3. The number of nitrogens with one attached hydrogen (secondary N) is 1. The van der Waals surface area contributed by atoms with E-state index in [1.807, 2.05) is 38.1 Å². The van der Waals surface area contributed by atoms with Crippen molar-refractivity contribution in [1.82, 2.24) is 9.88 Å². The van der Waals surface area contributed by atoms with Gasteiger partial charge in [0, 0.05) is 21.5 Å². The molecule has 1 heterocycles. The Morgan fingerprint density at radius 2 is 1.82 bits per heavy atom. The van der Waals surface area contributed by atoms with E-state index in [1.165, 1.54) is 0 Å². The van der Waals surface area contributed by atoms with Gasteiger partial charge in [0.1, 0.15) is 6.54 Å². The highest BCUT2D eigenvalue weighted by atomic mass is 79.9. The van der Waals surface area contributed by atoms with E-state index in [1.54, 1.807) is 28.8 Å². The van der Waals surface area contributed by atoms with Crippen LogP contribution < -0.4 is 5.32 Å². The number of benzene rings is 2. The van der Waals surface area contributed by atoms with Crippen molar-refractivity contribution in [3.05, 3.63) is 58.6 Å². The van der Waals surface area contributed by atoms with Crippen molar-refractivity contribution >= 4 is 44.3 Å². The van der Waals surface area contributed by atoms with Gasteiger partial charge in [-0.3, -0.25) is 9.59 Å². The maximum atomic E-state index is 12.0. The second-order valence-corrected chi connectivity index (χ2v) is 7.35. The van der Waals surface area contributed by atoms with Crippen LogP contribution in [0, 0.1) is 0 Å². The van der Waals surface area contributed by atoms with Gasteiger partial charge >= 0.3 is 0 Å². The zero-order valence-corrected chi connectivity index (χ0v) is 17.0. The number of carbonyl (C=O) groups is 2. The highest BCUT2D eigenvalue weighted by molar-refractivity contribution is 9.10. The molecule has 0 aliphatic carbocycles. The summed E-state index contributed by atoms with van der Waals surface area (Å²) in [5.41, 5.74) is 1.47. The van der Waals surface area contributed by atoms with E-state index in [4.69, 9.17) is 0 Å². The van der Waals surface area contributed by atoms with Gasteiger partial charge in [0.05, 0.1) is 5.52 Å². The second kappa shape index (κ2) is 8.35. The Morgan fingerprint density at radius 1 is 1.14 bits per heavy atom. The first-order valence-corrected chi connectivity index (χ1v) is 9.48. The molecule has 0 saturated carbocycles. The lowest BCUT2D eigenvalue weighted by molar-refractivity contribution is -0.117. The van der Waals surface area contributed by atoms with Gasteiger partial charge in [0.15, 0.2) is 5.69 Å². The molecule has 0 atom stereocenters. The van der Waals surface area contributed by atoms with Crippen LogP contribution in [0.25, 0.3) is 10.9 Å². The molecule has 3 aromatic rings. The number of fused-ring (bicyclic) bond motifs is 1. The number of rotatable bonds is 5. The predicted octanol–water partition coefficient (Wildman–Crippen LogP) is 4.73. The van der Waals surface area contributed by atoms with Gasteiger partial charge in [-0.2, -0.15) is 0 Å². The lowest BCUT2D eigenvalue weighted by Gasteiger charge is -2.10. The molecule has 0 aliphatic heterocycles. The van der Waals surface area contributed by atoms with Crippen LogP contribution in [0.2, 0.25) is 0 Å². The highest BCUT2D eigenvalue weighted by Crippen LogP contribution is 2.40. The number of carbonyl (C=O) groups excluding carboxylic acids is 2. The first-order valence-electron chi connectivity index (χ1n) is 8.68. The molecule has 7 nitrogen and oxygen atoms in total. The van der Waals surface area contributed by atoms with Gasteiger partial charge in [-0.25, -0.2) is 0 Å². The number of hydrogen-bond acceptors (Lipinski definition) is 4. The number of azo groups is 1. The fourth-order valence-corrected chi connectivity index (χ4v) is 3.12. The quantitative estimate of drug-likeness (QED) is 0.558. The van der Waals surface area contributed by atoms with Crippen molar-refractivity contribution in [1.29, 1.82) is 0 Å². The van der Waals surface area contributed by atoms with Crippen molar-refractivity contribution in [3.63, 3.8) is 0 Å². The molecule has 0 saturated heterocycles. The Bertz CT molecular complexity index is 1060. The molecule has 0 aliphatic rings. The molecule has 144 valence electrons. The van der Waals surface area contributed by atoms with E-state index in [0.29, 0.717) is 10.9 Å². The molecule has 0 spiro atoms. The SMILES string of the molecule is CC(C)n1c(O)c(N=NC(=O)CNC(=O)c2ccc(Br)cc2)c2ccccc21. The third kappa shape index (κ3) is 4.12. The second-order valence-electron chi connectivity index (χ2n) is 6.44. The van der Waals surface area contributed by atoms with Crippen LogP contribution in [0.15, 0.2) is 63.2 Å². The number of nitrogens with zero attached hydrogens (tertiary/aromatic N) is 3. The predicted molar refractivity (Wildman–Crippen MR) is 110 cm³/mol. The summed E-state index contributed by atoms with van der Waals surface area (Å²) in [6.07, 6.45) is 0. The Kier molecular flexibility index (Phi) is 5.89. The van der Waals surface area contributed by atoms with Crippen molar-refractivity contribution in [2.45, 2.75) is 19.9 Å². The van der Waals surface area contributed by atoms with E-state index in [-0.39, 0.29) is 30.1 Å². The smallest absolute Gasteiger partial charge is 0.283 e. The Morgan fingerprint density at radius 3 is 2.50 bits per heavy atom. The van der Waals surface area contributed by atoms with Crippen LogP contribution in [-0.2, 0) is 4.79 Å². The molecule has 8 heteroatoms. The summed E-state index contributed by atoms with van der Waals surface area (Å²) in [6, 6.07) is 14.1. The van der Waals surface area contributed by atoms with Gasteiger partial charge in [-0.15, -0.1) is 10.2 Å². The minimum Gasteiger partial charge on any atom is -0.493 e. The number of amides is 2. The molecule has 2 N–H and O–H groups in total. The molecule has 3 rings (SSSR count). The molecule has 28 heavy (non-hydrogen) atoms. The van der Waals surface area contributed by atoms with Crippen molar-refractivity contribution in [3.8, 4) is 5.88 Å². The Balaban J connectivity index is 1.73. The summed E-state index contributed by atoms with van der Waals surface area (Å²) >= 11 is 3.30. The monoisotopic (exact) mass is 442 g/mol. The van der Waals surface area contributed by atoms with Crippen molar-refractivity contribution in [2.75, 3.05) is 6.54 Å². The largest absolute Gasteiger partial charge is 0.493 e. The Labute approximate surface area is 170 Å². The van der Waals surface area contributed by atoms with Crippen LogP contribution in [0.5, 0.6) is 5.88 Å². The van der Waals surface area contributed by atoms with Gasteiger partial charge in [0.25, 0.3) is 11.8 Å². The fraction of sp³-hybridized carbons (Fsp3) is 0.200. The van der Waals surface area contributed by atoms with E-state index in [2.05, 4.69) is 31.5 Å². The summed E-state index contributed by atoms with van der Waals surface area (Å²) in [7, 11) is 0. The summed E-state index contributed by atoms with van der Waals surface area (Å²) in [5, 5.41) is 21.3. The standard InChI is InChI=1S/C20H19BrN4O3/c1-12(2)25-16-6-4-3-5-15(16)18(20(25)28)24-23-17(26)11-22-19(27)13-7-9-14(21)10-8-13/h3-10,12,28H,11H2,1-2H3,(H,22,27). The minimum atomic E-state index is -0.619. The topological polar surface area (TPSA) is 96.0 Å². The molecule has 2 amide bonds. The van der Waals surface area contributed by atoms with E-state index >= 15 is 0 Å². The normalized spacial score (nSPS) is 11.4. The average Bonchev–Trinajstić information content (AvgIpc) is 2.96. The maximum absolute atomic E-state index is 12.0. The number of hydrogen-bond donors (Lipinski definition) is 2. The zero-order valence-electron chi connectivity index (χ0n) is 15.4. The molecule has 0 fully saturated rings. The Hall–Kier alpha value is -3.00. The van der Waals surface area contributed by atoms with Crippen LogP contribution in [0.3, 0.4) is 0 Å². The van der Waals surface area contributed by atoms with E-state index in [9.17, 15) is 14.7 Å². The number of halogens is 1. The highest BCUT2D eigenvalue weighted by Gasteiger charge is 2.18. The van der Waals surface area contributed by atoms with Gasteiger partial charge in [-0.05, 0) is 44.2 Å². The van der Waals surface area contributed by atoms with Crippen LogP contribution >= 0.6 is 15.9 Å². The molecule has 1 aromatic heterocycles. The maximum Gasteiger partial charge on any atom is 0.283 e. The van der Waals surface area contributed by atoms with Gasteiger partial charge in [0.2, 0.25) is 5.88 Å². The van der Waals surface area contributed by atoms with E-state index in [0.717, 1.165) is 9.99 Å². The number of aromatic hydroxyl groups is 1. The molecule has 0 bridgehead atoms. The number of para-hydroxylation sites is 1. The molecule has 0 unspecified atom stereocenters. The molecule has 2 aromatic carbocycles. The third-order valence-electron chi connectivity index (χ3n) is 4.14. The lowest BCUT2D eigenvalue weighted by Crippen LogP contribution is -2.28.